The molecule has 1 saturated heterocycles. The summed E-state index contributed by atoms with van der Waals surface area (Å²) in [6.07, 6.45) is 0.610. The van der Waals surface area contributed by atoms with Gasteiger partial charge in [0, 0.05) is 13.0 Å². The molecule has 3 rings (SSSR count). The maximum Gasteiger partial charge on any atom is 0.237 e. The Hall–Kier alpha value is -2.33. The number of amides is 1. The fourth-order valence-electron chi connectivity index (χ4n) is 2.85. The molecule has 22 heavy (non-hydrogen) atoms. The van der Waals surface area contributed by atoms with Crippen LogP contribution in [0.3, 0.4) is 0 Å². The lowest BCUT2D eigenvalue weighted by Crippen LogP contribution is -2.55. The lowest BCUT2D eigenvalue weighted by Gasteiger charge is -2.31. The van der Waals surface area contributed by atoms with Gasteiger partial charge in [-0.05, 0) is 17.2 Å². The Labute approximate surface area is 130 Å². The molecule has 0 saturated carbocycles. The van der Waals surface area contributed by atoms with Gasteiger partial charge >= 0.3 is 0 Å². The second-order valence-electron chi connectivity index (χ2n) is 5.44. The Morgan fingerprint density at radius 2 is 1.82 bits per heavy atom. The van der Waals surface area contributed by atoms with Crippen LogP contribution in [0.5, 0.6) is 5.75 Å². The molecule has 0 bridgehead atoms. The van der Waals surface area contributed by atoms with Crippen LogP contribution in [0.15, 0.2) is 54.6 Å². The second kappa shape index (κ2) is 6.62. The van der Waals surface area contributed by atoms with Crippen LogP contribution in [-0.4, -0.2) is 25.6 Å². The van der Waals surface area contributed by atoms with Gasteiger partial charge in [-0.2, -0.15) is 0 Å². The second-order valence-corrected chi connectivity index (χ2v) is 5.44. The molecule has 0 spiro atoms. The number of hydrogen-bond acceptors (Lipinski definition) is 3. The first-order valence-corrected chi connectivity index (χ1v) is 7.48. The molecule has 0 aromatic heterocycles. The van der Waals surface area contributed by atoms with E-state index >= 15 is 0 Å². The summed E-state index contributed by atoms with van der Waals surface area (Å²) in [5.41, 5.74) is 2.22. The van der Waals surface area contributed by atoms with E-state index in [1.807, 2.05) is 42.5 Å². The average Bonchev–Trinajstić information content (AvgIpc) is 2.58. The van der Waals surface area contributed by atoms with Crippen LogP contribution in [0.4, 0.5) is 0 Å². The van der Waals surface area contributed by atoms with Gasteiger partial charge < -0.3 is 10.1 Å². The first kappa shape index (κ1) is 14.6. The van der Waals surface area contributed by atoms with E-state index in [0.29, 0.717) is 13.0 Å². The largest absolute Gasteiger partial charge is 0.496 e. The summed E-state index contributed by atoms with van der Waals surface area (Å²) in [6, 6.07) is 17.9. The van der Waals surface area contributed by atoms with Crippen LogP contribution in [0.2, 0.25) is 0 Å². The molecule has 4 nitrogen and oxygen atoms in total. The highest BCUT2D eigenvalue weighted by Crippen LogP contribution is 2.22. The molecular formula is C18H20N2O2. The van der Waals surface area contributed by atoms with Crippen LogP contribution in [0.25, 0.3) is 0 Å². The van der Waals surface area contributed by atoms with E-state index < -0.39 is 0 Å². The van der Waals surface area contributed by atoms with Crippen LogP contribution in [-0.2, 0) is 11.2 Å². The number of carbonyl (C=O) groups is 1. The van der Waals surface area contributed by atoms with Gasteiger partial charge in [-0.3, -0.25) is 10.1 Å². The molecule has 4 heteroatoms. The standard InChI is InChI=1S/C18H20N2O2/c1-22-17-10-6-5-9-14(17)11-15-18(21)19-12-16(20-15)13-7-3-2-4-8-13/h2-10,15-16,20H,11-12H2,1H3,(H,19,21)/t15-,16+/m1/s1. The van der Waals surface area contributed by atoms with E-state index in [2.05, 4.69) is 22.8 Å². The molecule has 2 aromatic rings. The minimum absolute atomic E-state index is 0.0399. The maximum atomic E-state index is 12.2. The number of benzene rings is 2. The number of nitrogens with one attached hydrogen (secondary N) is 2. The molecule has 0 radical (unpaired) electrons. The molecule has 0 aliphatic carbocycles. The Morgan fingerprint density at radius 1 is 1.09 bits per heavy atom. The summed E-state index contributed by atoms with van der Waals surface area (Å²) in [6.45, 7) is 0.616. The van der Waals surface area contributed by atoms with Crippen molar-refractivity contribution in [2.75, 3.05) is 13.7 Å². The maximum absolute atomic E-state index is 12.2. The summed E-state index contributed by atoms with van der Waals surface area (Å²) in [7, 11) is 1.65. The fraction of sp³-hybridized carbons (Fsp3) is 0.278. The Bertz CT molecular complexity index is 643. The van der Waals surface area contributed by atoms with E-state index in [-0.39, 0.29) is 18.0 Å². The topological polar surface area (TPSA) is 50.4 Å². The lowest BCUT2D eigenvalue weighted by molar-refractivity contribution is -0.125. The Balaban J connectivity index is 1.76. The number of rotatable bonds is 4. The Morgan fingerprint density at radius 3 is 2.59 bits per heavy atom. The quantitative estimate of drug-likeness (QED) is 0.908. The molecule has 1 amide bonds. The summed E-state index contributed by atoms with van der Waals surface area (Å²) in [5.74, 6) is 0.858. The SMILES string of the molecule is COc1ccccc1C[C@H]1N[C@H](c2ccccc2)CNC1=O. The van der Waals surface area contributed by atoms with Gasteiger partial charge in [-0.25, -0.2) is 0 Å². The van der Waals surface area contributed by atoms with Crippen molar-refractivity contribution < 1.29 is 9.53 Å². The van der Waals surface area contributed by atoms with Crippen molar-refractivity contribution in [2.45, 2.75) is 18.5 Å². The van der Waals surface area contributed by atoms with Gasteiger partial charge in [0.15, 0.2) is 0 Å². The van der Waals surface area contributed by atoms with E-state index in [9.17, 15) is 4.79 Å². The van der Waals surface area contributed by atoms with Crippen LogP contribution in [0.1, 0.15) is 17.2 Å². The molecule has 2 N–H and O–H groups in total. The summed E-state index contributed by atoms with van der Waals surface area (Å²) < 4.78 is 5.37. The van der Waals surface area contributed by atoms with Gasteiger partial charge in [-0.1, -0.05) is 48.5 Å². The van der Waals surface area contributed by atoms with Crippen molar-refractivity contribution in [3.63, 3.8) is 0 Å². The van der Waals surface area contributed by atoms with Gasteiger partial charge in [-0.15, -0.1) is 0 Å². The van der Waals surface area contributed by atoms with Crippen LogP contribution in [0, 0.1) is 0 Å². The molecule has 2 aromatic carbocycles. The van der Waals surface area contributed by atoms with E-state index in [0.717, 1.165) is 11.3 Å². The van der Waals surface area contributed by atoms with E-state index in [4.69, 9.17) is 4.74 Å². The Kier molecular flexibility index (Phi) is 4.39. The predicted octanol–water partition coefficient (Wildman–Crippen LogP) is 2.07. The minimum Gasteiger partial charge on any atom is -0.496 e. The van der Waals surface area contributed by atoms with E-state index in [1.54, 1.807) is 7.11 Å². The highest BCUT2D eigenvalue weighted by Gasteiger charge is 2.29. The van der Waals surface area contributed by atoms with Crippen molar-refractivity contribution >= 4 is 5.91 Å². The third-order valence-electron chi connectivity index (χ3n) is 4.02. The van der Waals surface area contributed by atoms with Crippen molar-refractivity contribution in [3.05, 3.63) is 65.7 Å². The average molecular weight is 296 g/mol. The van der Waals surface area contributed by atoms with Gasteiger partial charge in [0.25, 0.3) is 0 Å². The molecule has 0 unspecified atom stereocenters. The van der Waals surface area contributed by atoms with Crippen molar-refractivity contribution in [1.29, 1.82) is 0 Å². The van der Waals surface area contributed by atoms with Crippen molar-refractivity contribution in [1.82, 2.24) is 10.6 Å². The number of carbonyl (C=O) groups excluding carboxylic acids is 1. The molecule has 1 aliphatic rings. The third kappa shape index (κ3) is 3.12. The molecule has 114 valence electrons. The molecule has 1 aliphatic heterocycles. The van der Waals surface area contributed by atoms with Crippen LogP contribution >= 0.6 is 0 Å². The summed E-state index contributed by atoms with van der Waals surface area (Å²) in [4.78, 5) is 12.2. The van der Waals surface area contributed by atoms with Crippen molar-refractivity contribution in [2.24, 2.45) is 0 Å². The highest BCUT2D eigenvalue weighted by atomic mass is 16.5. The zero-order chi connectivity index (χ0) is 15.4. The van der Waals surface area contributed by atoms with Gasteiger partial charge in [0.1, 0.15) is 5.75 Å². The predicted molar refractivity (Wildman–Crippen MR) is 85.8 cm³/mol. The first-order valence-electron chi connectivity index (χ1n) is 7.48. The lowest BCUT2D eigenvalue weighted by atomic mass is 9.98. The van der Waals surface area contributed by atoms with Gasteiger partial charge in [0.05, 0.1) is 19.2 Å². The number of ether oxygens (including phenoxy) is 1. The van der Waals surface area contributed by atoms with Crippen molar-refractivity contribution in [3.8, 4) is 5.75 Å². The number of methoxy groups -OCH3 is 1. The number of para-hydroxylation sites is 1. The molecule has 2 atom stereocenters. The molecular weight excluding hydrogens is 276 g/mol. The summed E-state index contributed by atoms with van der Waals surface area (Å²) in [5, 5.41) is 6.45. The van der Waals surface area contributed by atoms with Crippen LogP contribution < -0.4 is 15.4 Å². The fourth-order valence-corrected chi connectivity index (χ4v) is 2.85. The zero-order valence-corrected chi connectivity index (χ0v) is 12.6. The van der Waals surface area contributed by atoms with Gasteiger partial charge in [0.2, 0.25) is 5.91 Å². The zero-order valence-electron chi connectivity index (χ0n) is 12.6. The summed E-state index contributed by atoms with van der Waals surface area (Å²) >= 11 is 0. The van der Waals surface area contributed by atoms with E-state index in [1.165, 1.54) is 5.56 Å². The third-order valence-corrected chi connectivity index (χ3v) is 4.02. The highest BCUT2D eigenvalue weighted by molar-refractivity contribution is 5.83. The smallest absolute Gasteiger partial charge is 0.237 e. The minimum atomic E-state index is -0.254. The molecule has 1 heterocycles. The number of hydrogen-bond donors (Lipinski definition) is 2. The number of piperazine rings is 1. The monoisotopic (exact) mass is 296 g/mol. The normalized spacial score (nSPS) is 21.2. The molecule has 1 fully saturated rings. The first-order chi connectivity index (χ1) is 10.8.